The van der Waals surface area contributed by atoms with Crippen LogP contribution in [0.3, 0.4) is 0 Å². The highest BCUT2D eigenvalue weighted by Crippen LogP contribution is 2.32. The Hall–Kier alpha value is -4.12. The van der Waals surface area contributed by atoms with Crippen LogP contribution in [0.4, 0.5) is 10.1 Å². The van der Waals surface area contributed by atoms with Crippen LogP contribution < -0.4 is 19.1 Å². The van der Waals surface area contributed by atoms with E-state index < -0.39 is 34.3 Å². The maximum Gasteiger partial charge on any atom is 0.264 e. The molecule has 0 aromatic heterocycles. The van der Waals surface area contributed by atoms with E-state index in [0.29, 0.717) is 18.7 Å². The Morgan fingerprint density at radius 2 is 1.63 bits per heavy atom. The number of halogens is 1. The average molecular weight is 614 g/mol. The van der Waals surface area contributed by atoms with Crippen LogP contribution in [0.15, 0.2) is 71.6 Å². The second-order valence-corrected chi connectivity index (χ2v) is 11.9. The maximum atomic E-state index is 14.2. The van der Waals surface area contributed by atoms with Gasteiger partial charge in [0.05, 0.1) is 24.8 Å². The first-order valence-electron chi connectivity index (χ1n) is 14.2. The molecule has 11 heteroatoms. The highest BCUT2D eigenvalue weighted by atomic mass is 32.2. The predicted octanol–water partition coefficient (Wildman–Crippen LogP) is 5.07. The van der Waals surface area contributed by atoms with Gasteiger partial charge in [-0.15, -0.1) is 0 Å². The summed E-state index contributed by atoms with van der Waals surface area (Å²) in [6.45, 7) is 5.66. The summed E-state index contributed by atoms with van der Waals surface area (Å²) in [5.41, 5.74) is 1.84. The number of hydrogen-bond acceptors (Lipinski definition) is 6. The zero-order chi connectivity index (χ0) is 31.6. The van der Waals surface area contributed by atoms with E-state index in [9.17, 15) is 22.4 Å². The quantitative estimate of drug-likeness (QED) is 0.240. The monoisotopic (exact) mass is 613 g/mol. The van der Waals surface area contributed by atoms with E-state index in [1.165, 1.54) is 49.5 Å². The number of ether oxygens (including phenoxy) is 2. The highest BCUT2D eigenvalue weighted by molar-refractivity contribution is 7.92. The van der Waals surface area contributed by atoms with Crippen molar-refractivity contribution in [2.24, 2.45) is 0 Å². The van der Waals surface area contributed by atoms with Gasteiger partial charge in [-0.05, 0) is 67.3 Å². The molecule has 1 atom stereocenters. The minimum atomic E-state index is -4.38. The Bertz CT molecular complexity index is 1500. The summed E-state index contributed by atoms with van der Waals surface area (Å²) in [7, 11) is -1.56. The number of hydrogen-bond donors (Lipinski definition) is 1. The number of carbonyl (C=O) groups excluding carboxylic acids is 2. The maximum absolute atomic E-state index is 14.2. The van der Waals surface area contributed by atoms with Gasteiger partial charge in [-0.2, -0.15) is 0 Å². The van der Waals surface area contributed by atoms with Crippen LogP contribution >= 0.6 is 0 Å². The molecule has 3 aromatic rings. The van der Waals surface area contributed by atoms with Crippen LogP contribution in [0, 0.1) is 12.7 Å². The zero-order valence-corrected chi connectivity index (χ0v) is 26.1. The summed E-state index contributed by atoms with van der Waals surface area (Å²) in [6, 6.07) is 15.6. The summed E-state index contributed by atoms with van der Waals surface area (Å²) in [5.74, 6) is -0.947. The third-order valence-corrected chi connectivity index (χ3v) is 8.92. The van der Waals surface area contributed by atoms with E-state index in [1.807, 2.05) is 38.1 Å². The molecule has 43 heavy (non-hydrogen) atoms. The Kier molecular flexibility index (Phi) is 11.9. The number of carbonyl (C=O) groups is 2. The van der Waals surface area contributed by atoms with Gasteiger partial charge in [0.15, 0.2) is 11.5 Å². The minimum Gasteiger partial charge on any atom is -0.493 e. The number of nitrogens with one attached hydrogen (secondary N) is 1. The summed E-state index contributed by atoms with van der Waals surface area (Å²) < 4.78 is 53.5. The minimum absolute atomic E-state index is 0.0841. The molecule has 232 valence electrons. The normalized spacial score (nSPS) is 11.9. The first-order valence-corrected chi connectivity index (χ1v) is 15.6. The lowest BCUT2D eigenvalue weighted by molar-refractivity contribution is -0.140. The van der Waals surface area contributed by atoms with E-state index >= 15 is 0 Å². The molecule has 1 unspecified atom stereocenters. The number of nitrogens with zero attached hydrogens (tertiary/aromatic N) is 2. The first-order chi connectivity index (χ1) is 20.6. The fourth-order valence-electron chi connectivity index (χ4n) is 4.64. The van der Waals surface area contributed by atoms with E-state index in [2.05, 4.69) is 5.32 Å². The van der Waals surface area contributed by atoms with Gasteiger partial charge in [0.25, 0.3) is 10.0 Å². The van der Waals surface area contributed by atoms with Gasteiger partial charge in [-0.25, -0.2) is 12.8 Å². The lowest BCUT2D eigenvalue weighted by Crippen LogP contribution is -2.52. The van der Waals surface area contributed by atoms with Crippen molar-refractivity contribution >= 4 is 27.5 Å². The molecule has 0 aliphatic rings. The van der Waals surface area contributed by atoms with E-state index in [0.717, 1.165) is 40.4 Å². The van der Waals surface area contributed by atoms with Crippen LogP contribution in [-0.4, -0.2) is 58.5 Å². The number of rotatable bonds is 15. The zero-order valence-electron chi connectivity index (χ0n) is 25.3. The number of anilines is 1. The van der Waals surface area contributed by atoms with Crippen molar-refractivity contribution in [2.45, 2.75) is 57.5 Å². The Labute approximate surface area is 253 Å². The lowest BCUT2D eigenvalue weighted by Gasteiger charge is -2.33. The van der Waals surface area contributed by atoms with E-state index in [1.54, 1.807) is 6.92 Å². The van der Waals surface area contributed by atoms with E-state index in [4.69, 9.17) is 9.47 Å². The molecule has 0 saturated heterocycles. The third-order valence-electron chi connectivity index (χ3n) is 7.15. The molecular weight excluding hydrogens is 573 g/mol. The van der Waals surface area contributed by atoms with Gasteiger partial charge in [0.2, 0.25) is 11.8 Å². The summed E-state index contributed by atoms with van der Waals surface area (Å²) in [5, 5.41) is 2.91. The molecule has 0 aliphatic heterocycles. The topological polar surface area (TPSA) is 105 Å². The SMILES string of the molecule is CCCCNC(=O)C(CC)N(Cc1ccccc1C)C(=O)CN(c1ccc(F)cc1)S(=O)(=O)c1ccc(OC)c(OC)c1. The molecular formula is C32H40FN3O6S. The van der Waals surface area contributed by atoms with E-state index in [-0.39, 0.29) is 28.8 Å². The molecule has 9 nitrogen and oxygen atoms in total. The van der Waals surface area contributed by atoms with Gasteiger partial charge in [0.1, 0.15) is 18.4 Å². The highest BCUT2D eigenvalue weighted by Gasteiger charge is 2.34. The second-order valence-electron chi connectivity index (χ2n) is 10.0. The molecule has 3 rings (SSSR count). The fourth-order valence-corrected chi connectivity index (χ4v) is 6.07. The van der Waals surface area contributed by atoms with Crippen molar-refractivity contribution in [3.63, 3.8) is 0 Å². The Morgan fingerprint density at radius 1 is 0.953 bits per heavy atom. The molecule has 0 fully saturated rings. The van der Waals surface area contributed by atoms with Crippen molar-refractivity contribution in [2.75, 3.05) is 31.6 Å². The number of amides is 2. The molecule has 2 amide bonds. The lowest BCUT2D eigenvalue weighted by atomic mass is 10.1. The second kappa shape index (κ2) is 15.4. The van der Waals surface area contributed by atoms with Gasteiger partial charge < -0.3 is 19.7 Å². The van der Waals surface area contributed by atoms with Crippen LogP contribution in [0.1, 0.15) is 44.2 Å². The molecule has 0 bridgehead atoms. The standard InChI is InChI=1S/C32H40FN3O6S/c1-6-8-19-34-32(38)28(7-2)35(21-24-12-10-9-11-23(24)3)31(37)22-36(26-15-13-25(33)14-16-26)43(39,40)27-17-18-29(41-4)30(20-27)42-5/h9-18,20,28H,6-8,19,21-22H2,1-5H3,(H,34,38). The molecule has 0 radical (unpaired) electrons. The molecule has 0 heterocycles. The van der Waals surface area contributed by atoms with Crippen LogP contribution in [0.5, 0.6) is 11.5 Å². The van der Waals surface area contributed by atoms with Crippen LogP contribution in [0.2, 0.25) is 0 Å². The van der Waals surface area contributed by atoms with Gasteiger partial charge >= 0.3 is 0 Å². The van der Waals surface area contributed by atoms with Crippen molar-refractivity contribution in [3.05, 3.63) is 83.7 Å². The number of methoxy groups -OCH3 is 2. The number of sulfonamides is 1. The van der Waals surface area contributed by atoms with Crippen molar-refractivity contribution in [1.82, 2.24) is 10.2 Å². The number of benzene rings is 3. The molecule has 0 spiro atoms. The summed E-state index contributed by atoms with van der Waals surface area (Å²) in [6.07, 6.45) is 1.99. The third kappa shape index (κ3) is 8.25. The number of aryl methyl sites for hydroxylation is 1. The predicted molar refractivity (Wildman–Crippen MR) is 164 cm³/mol. The molecule has 0 aliphatic carbocycles. The van der Waals surface area contributed by atoms with Crippen molar-refractivity contribution in [1.29, 1.82) is 0 Å². The van der Waals surface area contributed by atoms with Gasteiger partial charge in [0, 0.05) is 19.2 Å². The number of unbranched alkanes of at least 4 members (excludes halogenated alkanes) is 1. The average Bonchev–Trinajstić information content (AvgIpc) is 3.00. The first kappa shape index (κ1) is 33.4. The summed E-state index contributed by atoms with van der Waals surface area (Å²) >= 11 is 0. The van der Waals surface area contributed by atoms with Crippen LogP contribution in [0.25, 0.3) is 0 Å². The Morgan fingerprint density at radius 3 is 2.23 bits per heavy atom. The van der Waals surface area contributed by atoms with Gasteiger partial charge in [-0.3, -0.25) is 13.9 Å². The molecule has 1 N–H and O–H groups in total. The van der Waals surface area contributed by atoms with Crippen molar-refractivity contribution in [3.8, 4) is 11.5 Å². The molecule has 3 aromatic carbocycles. The fraction of sp³-hybridized carbons (Fsp3) is 0.375. The summed E-state index contributed by atoms with van der Waals surface area (Å²) in [4.78, 5) is 28.7. The van der Waals surface area contributed by atoms with Crippen molar-refractivity contribution < 1.29 is 31.9 Å². The smallest absolute Gasteiger partial charge is 0.264 e. The van der Waals surface area contributed by atoms with Gasteiger partial charge in [-0.1, -0.05) is 44.5 Å². The van der Waals surface area contributed by atoms with Crippen LogP contribution in [-0.2, 0) is 26.2 Å². The largest absolute Gasteiger partial charge is 0.493 e. The molecule has 0 saturated carbocycles. The Balaban J connectivity index is 2.08.